The summed E-state index contributed by atoms with van der Waals surface area (Å²) in [5.74, 6) is -0.301. The fraction of sp³-hybridized carbons (Fsp3) is 0.308. The lowest BCUT2D eigenvalue weighted by atomic mass is 10.3. The lowest BCUT2D eigenvalue weighted by Gasteiger charge is -2.09. The molecule has 1 heterocycles. The van der Waals surface area contributed by atoms with Gasteiger partial charge in [-0.15, -0.1) is 0 Å². The first kappa shape index (κ1) is 14.3. The standard InChI is InChI=1S/C13H14BrClFN3/c1-3-19-12(13(15)8(2)18-19)7-17-11-5-4-9(14)6-10(11)16/h4-6,17H,3,7H2,1-2H3. The molecule has 1 N–H and O–H groups in total. The van der Waals surface area contributed by atoms with Gasteiger partial charge in [0.25, 0.3) is 0 Å². The number of aryl methyl sites for hydroxylation is 2. The maximum absolute atomic E-state index is 13.7. The van der Waals surface area contributed by atoms with Gasteiger partial charge in [-0.05, 0) is 32.0 Å². The molecule has 1 aromatic carbocycles. The fourth-order valence-electron chi connectivity index (χ4n) is 1.85. The highest BCUT2D eigenvalue weighted by Crippen LogP contribution is 2.23. The van der Waals surface area contributed by atoms with Crippen LogP contribution >= 0.6 is 27.5 Å². The molecule has 0 spiro atoms. The fourth-order valence-corrected chi connectivity index (χ4v) is 2.38. The van der Waals surface area contributed by atoms with Crippen molar-refractivity contribution < 1.29 is 4.39 Å². The molecule has 0 aliphatic rings. The van der Waals surface area contributed by atoms with Gasteiger partial charge in [0.2, 0.25) is 0 Å². The largest absolute Gasteiger partial charge is 0.377 e. The lowest BCUT2D eigenvalue weighted by molar-refractivity contribution is 0.616. The average molecular weight is 347 g/mol. The molecular formula is C13H14BrClFN3. The molecule has 2 aromatic rings. The SMILES string of the molecule is CCn1nc(C)c(Cl)c1CNc1ccc(Br)cc1F. The molecule has 6 heteroatoms. The molecule has 3 nitrogen and oxygen atoms in total. The van der Waals surface area contributed by atoms with Crippen molar-refractivity contribution in [3.8, 4) is 0 Å². The Kier molecular flexibility index (Phi) is 4.47. The van der Waals surface area contributed by atoms with Crippen LogP contribution in [-0.4, -0.2) is 9.78 Å². The van der Waals surface area contributed by atoms with Crippen molar-refractivity contribution in [3.63, 3.8) is 0 Å². The number of aromatic nitrogens is 2. The summed E-state index contributed by atoms with van der Waals surface area (Å²) in [5.41, 5.74) is 2.10. The van der Waals surface area contributed by atoms with Crippen LogP contribution in [0.15, 0.2) is 22.7 Å². The zero-order valence-corrected chi connectivity index (χ0v) is 13.0. The first-order valence-corrected chi connectivity index (χ1v) is 7.10. The van der Waals surface area contributed by atoms with Crippen LogP contribution in [0.1, 0.15) is 18.3 Å². The van der Waals surface area contributed by atoms with Gasteiger partial charge in [0, 0.05) is 11.0 Å². The molecule has 0 fully saturated rings. The van der Waals surface area contributed by atoms with Crippen molar-refractivity contribution in [3.05, 3.63) is 44.9 Å². The molecule has 2 rings (SSSR count). The van der Waals surface area contributed by atoms with Gasteiger partial charge in [0.15, 0.2) is 0 Å². The summed E-state index contributed by atoms with van der Waals surface area (Å²) in [4.78, 5) is 0. The number of nitrogens with one attached hydrogen (secondary N) is 1. The van der Waals surface area contributed by atoms with E-state index in [9.17, 15) is 4.39 Å². The summed E-state index contributed by atoms with van der Waals surface area (Å²) in [5, 5.41) is 8.00. The maximum Gasteiger partial charge on any atom is 0.147 e. The zero-order valence-electron chi connectivity index (χ0n) is 10.7. The van der Waals surface area contributed by atoms with Crippen LogP contribution in [0.3, 0.4) is 0 Å². The van der Waals surface area contributed by atoms with Crippen LogP contribution in [-0.2, 0) is 13.1 Å². The van der Waals surface area contributed by atoms with E-state index < -0.39 is 0 Å². The Morgan fingerprint density at radius 3 is 2.84 bits per heavy atom. The smallest absolute Gasteiger partial charge is 0.147 e. The lowest BCUT2D eigenvalue weighted by Crippen LogP contribution is -2.09. The Morgan fingerprint density at radius 2 is 2.21 bits per heavy atom. The molecule has 0 saturated heterocycles. The molecule has 1 aromatic heterocycles. The number of nitrogens with zero attached hydrogens (tertiary/aromatic N) is 2. The molecule has 0 radical (unpaired) electrons. The van der Waals surface area contributed by atoms with E-state index in [4.69, 9.17) is 11.6 Å². The molecule has 0 atom stereocenters. The Labute approximate surface area is 124 Å². The van der Waals surface area contributed by atoms with Gasteiger partial charge in [-0.3, -0.25) is 4.68 Å². The van der Waals surface area contributed by atoms with Crippen LogP contribution < -0.4 is 5.32 Å². The zero-order chi connectivity index (χ0) is 14.0. The summed E-state index contributed by atoms with van der Waals surface area (Å²) >= 11 is 9.43. The van der Waals surface area contributed by atoms with E-state index in [-0.39, 0.29) is 5.82 Å². The molecular weight excluding hydrogens is 333 g/mol. The van der Waals surface area contributed by atoms with E-state index in [1.54, 1.807) is 12.1 Å². The van der Waals surface area contributed by atoms with Crippen molar-refractivity contribution in [2.45, 2.75) is 26.9 Å². The predicted octanol–water partition coefficient (Wildman–Crippen LogP) is 4.38. The third kappa shape index (κ3) is 3.09. The molecule has 0 unspecified atom stereocenters. The van der Waals surface area contributed by atoms with Gasteiger partial charge >= 0.3 is 0 Å². The Hall–Kier alpha value is -1.07. The van der Waals surface area contributed by atoms with E-state index in [0.29, 0.717) is 21.7 Å². The summed E-state index contributed by atoms with van der Waals surface area (Å²) in [7, 11) is 0. The van der Waals surface area contributed by atoms with E-state index >= 15 is 0 Å². The third-order valence-electron chi connectivity index (χ3n) is 2.83. The molecule has 0 saturated carbocycles. The molecule has 0 bridgehead atoms. The predicted molar refractivity (Wildman–Crippen MR) is 79.1 cm³/mol. The van der Waals surface area contributed by atoms with Gasteiger partial charge in [-0.2, -0.15) is 5.10 Å². The minimum Gasteiger partial charge on any atom is -0.377 e. The van der Waals surface area contributed by atoms with Gasteiger partial charge in [-0.25, -0.2) is 4.39 Å². The Morgan fingerprint density at radius 1 is 1.47 bits per heavy atom. The second kappa shape index (κ2) is 5.92. The van der Waals surface area contributed by atoms with Crippen molar-refractivity contribution in [1.29, 1.82) is 0 Å². The summed E-state index contributed by atoms with van der Waals surface area (Å²) in [6, 6.07) is 4.90. The summed E-state index contributed by atoms with van der Waals surface area (Å²) < 4.78 is 16.2. The Bertz CT molecular complexity index is 598. The molecule has 0 amide bonds. The number of halogens is 3. The van der Waals surface area contributed by atoms with E-state index in [1.165, 1.54) is 6.07 Å². The quantitative estimate of drug-likeness (QED) is 0.890. The Balaban J connectivity index is 2.18. The topological polar surface area (TPSA) is 29.9 Å². The highest BCUT2D eigenvalue weighted by atomic mass is 79.9. The summed E-state index contributed by atoms with van der Waals surface area (Å²) in [6.45, 7) is 5.02. The van der Waals surface area contributed by atoms with Gasteiger partial charge < -0.3 is 5.32 Å². The molecule has 0 aliphatic heterocycles. The van der Waals surface area contributed by atoms with Crippen LogP contribution in [0, 0.1) is 12.7 Å². The monoisotopic (exact) mass is 345 g/mol. The number of hydrogen-bond donors (Lipinski definition) is 1. The van der Waals surface area contributed by atoms with Crippen molar-refractivity contribution >= 4 is 33.2 Å². The number of rotatable bonds is 4. The molecule has 0 aliphatic carbocycles. The van der Waals surface area contributed by atoms with Crippen LogP contribution in [0.4, 0.5) is 10.1 Å². The average Bonchev–Trinajstić information content (AvgIpc) is 2.65. The first-order chi connectivity index (χ1) is 9.02. The second-order valence-electron chi connectivity index (χ2n) is 4.14. The number of benzene rings is 1. The van der Waals surface area contributed by atoms with Crippen LogP contribution in [0.25, 0.3) is 0 Å². The van der Waals surface area contributed by atoms with Crippen molar-refractivity contribution in [2.24, 2.45) is 0 Å². The minimum absolute atomic E-state index is 0.301. The van der Waals surface area contributed by atoms with Crippen LogP contribution in [0.5, 0.6) is 0 Å². The van der Waals surface area contributed by atoms with Gasteiger partial charge in [0.05, 0.1) is 28.6 Å². The van der Waals surface area contributed by atoms with E-state index in [0.717, 1.165) is 17.9 Å². The van der Waals surface area contributed by atoms with Crippen molar-refractivity contribution in [2.75, 3.05) is 5.32 Å². The maximum atomic E-state index is 13.7. The first-order valence-electron chi connectivity index (χ1n) is 5.93. The highest BCUT2D eigenvalue weighted by molar-refractivity contribution is 9.10. The van der Waals surface area contributed by atoms with Crippen LogP contribution in [0.2, 0.25) is 5.02 Å². The van der Waals surface area contributed by atoms with E-state index in [1.807, 2.05) is 18.5 Å². The van der Waals surface area contributed by atoms with Crippen molar-refractivity contribution in [1.82, 2.24) is 9.78 Å². The number of hydrogen-bond acceptors (Lipinski definition) is 2. The molecule has 102 valence electrons. The summed E-state index contributed by atoms with van der Waals surface area (Å²) in [6.07, 6.45) is 0. The highest BCUT2D eigenvalue weighted by Gasteiger charge is 2.12. The van der Waals surface area contributed by atoms with E-state index in [2.05, 4.69) is 26.3 Å². The molecule has 19 heavy (non-hydrogen) atoms. The number of anilines is 1. The minimum atomic E-state index is -0.301. The third-order valence-corrected chi connectivity index (χ3v) is 3.82. The normalized spacial score (nSPS) is 10.8. The van der Waals surface area contributed by atoms with Gasteiger partial charge in [0.1, 0.15) is 5.82 Å². The second-order valence-corrected chi connectivity index (χ2v) is 5.43. The van der Waals surface area contributed by atoms with Gasteiger partial charge in [-0.1, -0.05) is 27.5 Å².